The summed E-state index contributed by atoms with van der Waals surface area (Å²) in [6.07, 6.45) is -16.3. The minimum atomic E-state index is -6.70. The molecule has 0 aliphatic heterocycles. The number of ether oxygens (including phenoxy) is 2. The van der Waals surface area contributed by atoms with Crippen molar-refractivity contribution in [1.29, 1.82) is 0 Å². The molecule has 0 bridgehead atoms. The van der Waals surface area contributed by atoms with Gasteiger partial charge in [-0.2, -0.15) is 43.5 Å². The largest absolute Gasteiger partial charge is 0.486 e. The molecule has 0 aliphatic carbocycles. The van der Waals surface area contributed by atoms with E-state index in [4.69, 9.17) is 9.81 Å². The van der Waals surface area contributed by atoms with Gasteiger partial charge in [-0.25, -0.2) is 14.8 Å². The summed E-state index contributed by atoms with van der Waals surface area (Å²) in [4.78, 5) is 21.9. The third-order valence-corrected chi connectivity index (χ3v) is 3.74. The standard InChI is InChI=1S/C8H8F8N2O10S2/c9-5(10,7(13,14)29-28-27-21)25-3(19)17-1-2-18-4(20)26-6(11,12)8(15,16)30(22,23)24/h21H,1-2H2,(H,17,19)(H,18,20)(H,22,23,24). The summed E-state index contributed by atoms with van der Waals surface area (Å²) in [6, 6.07) is 0. The molecule has 0 radical (unpaired) electrons. The molecule has 0 rings (SSSR count). The Morgan fingerprint density at radius 3 is 1.63 bits per heavy atom. The second kappa shape index (κ2) is 9.95. The van der Waals surface area contributed by atoms with Crippen LogP contribution in [0.3, 0.4) is 0 Å². The maximum absolute atomic E-state index is 13.0. The molecule has 0 aromatic carbocycles. The average molecular weight is 508 g/mol. The molecule has 4 N–H and O–H groups in total. The lowest BCUT2D eigenvalue weighted by molar-refractivity contribution is -0.435. The predicted molar refractivity (Wildman–Crippen MR) is 72.7 cm³/mol. The van der Waals surface area contributed by atoms with E-state index in [0.29, 0.717) is 0 Å². The van der Waals surface area contributed by atoms with Crippen molar-refractivity contribution in [3.05, 3.63) is 0 Å². The van der Waals surface area contributed by atoms with Gasteiger partial charge in [-0.15, -0.1) is 4.33 Å². The Hall–Kier alpha value is -1.88. The molecule has 0 saturated carbocycles. The summed E-state index contributed by atoms with van der Waals surface area (Å²) in [7, 11) is -6.70. The van der Waals surface area contributed by atoms with Gasteiger partial charge in [-0.1, -0.05) is 5.04 Å². The molecule has 0 saturated heterocycles. The van der Waals surface area contributed by atoms with Crippen LogP contribution in [0.2, 0.25) is 0 Å². The van der Waals surface area contributed by atoms with Gasteiger partial charge in [-0.05, 0) is 0 Å². The number of rotatable bonds is 11. The molecule has 12 nitrogen and oxygen atoms in total. The van der Waals surface area contributed by atoms with Gasteiger partial charge in [0, 0.05) is 13.1 Å². The molecule has 0 fully saturated rings. The Morgan fingerprint density at radius 1 is 0.867 bits per heavy atom. The lowest BCUT2D eigenvalue weighted by Crippen LogP contribution is -2.51. The Balaban J connectivity index is 4.56. The van der Waals surface area contributed by atoms with Crippen LogP contribution < -0.4 is 10.6 Å². The molecular weight excluding hydrogens is 500 g/mol. The molecule has 0 atom stereocenters. The highest BCUT2D eigenvalue weighted by atomic mass is 32.2. The van der Waals surface area contributed by atoms with Gasteiger partial charge >= 0.3 is 45.0 Å². The second-order valence-electron chi connectivity index (χ2n) is 4.40. The van der Waals surface area contributed by atoms with Crippen LogP contribution in [0, 0.1) is 0 Å². The molecular formula is C8H8F8N2O10S2. The van der Waals surface area contributed by atoms with Crippen molar-refractivity contribution in [3.8, 4) is 0 Å². The van der Waals surface area contributed by atoms with Crippen molar-refractivity contribution in [2.45, 2.75) is 22.7 Å². The zero-order chi connectivity index (χ0) is 24.0. The van der Waals surface area contributed by atoms with Crippen LogP contribution >= 0.6 is 12.0 Å². The van der Waals surface area contributed by atoms with E-state index in [1.165, 1.54) is 10.6 Å². The van der Waals surface area contributed by atoms with Crippen LogP contribution in [0.25, 0.3) is 0 Å². The number of alkyl halides is 8. The van der Waals surface area contributed by atoms with E-state index in [1.54, 1.807) is 0 Å². The predicted octanol–water partition coefficient (Wildman–Crippen LogP) is 1.77. The number of carbonyl (C=O) groups excluding carboxylic acids is 2. The molecule has 30 heavy (non-hydrogen) atoms. The number of hydrogen-bond donors (Lipinski definition) is 4. The fourth-order valence-corrected chi connectivity index (χ4v) is 1.61. The van der Waals surface area contributed by atoms with Gasteiger partial charge in [0.05, 0.1) is 0 Å². The smallest absolute Gasteiger partial charge is 0.379 e. The van der Waals surface area contributed by atoms with Crippen LogP contribution in [0.4, 0.5) is 44.7 Å². The fraction of sp³-hybridized carbons (Fsp3) is 0.750. The first kappa shape index (κ1) is 28.1. The van der Waals surface area contributed by atoms with Crippen LogP contribution in [-0.4, -0.2) is 66.2 Å². The Labute approximate surface area is 163 Å². The summed E-state index contributed by atoms with van der Waals surface area (Å²) >= 11 is -1.46. The zero-order valence-corrected chi connectivity index (χ0v) is 15.0. The summed E-state index contributed by atoms with van der Waals surface area (Å²) in [6.45, 7) is -2.06. The van der Waals surface area contributed by atoms with Crippen molar-refractivity contribution < 1.29 is 81.8 Å². The monoisotopic (exact) mass is 508 g/mol. The van der Waals surface area contributed by atoms with Crippen molar-refractivity contribution in [1.82, 2.24) is 10.6 Å². The second-order valence-corrected chi connectivity index (χ2v) is 6.68. The zero-order valence-electron chi connectivity index (χ0n) is 13.4. The van der Waals surface area contributed by atoms with E-state index >= 15 is 0 Å². The topological polar surface area (TPSA) is 170 Å². The first-order valence-corrected chi connectivity index (χ1v) is 8.57. The molecule has 0 aliphatic rings. The van der Waals surface area contributed by atoms with Crippen LogP contribution in [0.1, 0.15) is 0 Å². The first-order valence-electron chi connectivity index (χ1n) is 6.38. The molecule has 2 amide bonds. The normalized spacial score (nSPS) is 13.5. The summed E-state index contributed by atoms with van der Waals surface area (Å²) in [5, 5.41) is 1.24. The van der Waals surface area contributed by atoms with Gasteiger partial charge in [0.1, 0.15) is 12.0 Å². The third kappa shape index (κ3) is 7.42. The van der Waals surface area contributed by atoms with Gasteiger partial charge in [0.2, 0.25) is 0 Å². The molecule has 0 spiro atoms. The van der Waals surface area contributed by atoms with E-state index < -0.39 is 70.2 Å². The summed E-state index contributed by atoms with van der Waals surface area (Å²) in [5.41, 5.74) is 0. The highest BCUT2D eigenvalue weighted by Gasteiger charge is 2.69. The van der Waals surface area contributed by atoms with Crippen molar-refractivity contribution in [2.24, 2.45) is 0 Å². The van der Waals surface area contributed by atoms with Gasteiger partial charge in [-0.3, -0.25) is 4.55 Å². The van der Waals surface area contributed by atoms with Crippen molar-refractivity contribution in [3.63, 3.8) is 0 Å². The number of amides is 2. The number of halogens is 8. The minimum absolute atomic E-state index is 1.01. The molecule has 0 aromatic heterocycles. The fourth-order valence-electron chi connectivity index (χ4n) is 1.01. The molecule has 178 valence electrons. The molecule has 0 unspecified atom stereocenters. The lowest BCUT2D eigenvalue weighted by Gasteiger charge is -2.23. The van der Waals surface area contributed by atoms with Crippen LogP contribution in [0.15, 0.2) is 0 Å². The lowest BCUT2D eigenvalue weighted by atomic mass is 10.6. The highest BCUT2D eigenvalue weighted by molar-refractivity contribution is 7.95. The van der Waals surface area contributed by atoms with E-state index in [9.17, 15) is 53.1 Å². The maximum Gasteiger partial charge on any atom is 0.486 e. The van der Waals surface area contributed by atoms with Gasteiger partial charge < -0.3 is 20.1 Å². The quantitative estimate of drug-likeness (QED) is 0.0801. The summed E-state index contributed by atoms with van der Waals surface area (Å²) < 4.78 is 140. The number of alkyl carbamates (subject to hydrolysis) is 2. The molecule has 22 heteroatoms. The number of nitrogens with one attached hydrogen (secondary N) is 2. The van der Waals surface area contributed by atoms with E-state index in [1.807, 2.05) is 0 Å². The van der Waals surface area contributed by atoms with Crippen molar-refractivity contribution >= 4 is 34.3 Å². The number of hydrogen-bond acceptors (Lipinski definition) is 10. The number of carbonyl (C=O) groups is 2. The first-order chi connectivity index (χ1) is 13.3. The molecule has 0 aromatic rings. The van der Waals surface area contributed by atoms with Crippen molar-refractivity contribution in [2.75, 3.05) is 13.1 Å². The Kier molecular flexibility index (Phi) is 9.33. The summed E-state index contributed by atoms with van der Waals surface area (Å²) in [5.74, 6) is 0. The average Bonchev–Trinajstić information content (AvgIpc) is 2.54. The highest BCUT2D eigenvalue weighted by Crippen LogP contribution is 2.44. The maximum atomic E-state index is 13.0. The SMILES string of the molecule is O=C(NCCNC(=O)OC(F)(F)C(F)(F)S(=O)(=O)O)OC(F)(F)C(F)(F)SOOO. The molecule has 0 heterocycles. The van der Waals surface area contributed by atoms with Gasteiger partial charge in [0.25, 0.3) is 0 Å². The minimum Gasteiger partial charge on any atom is -0.379 e. The third-order valence-electron chi connectivity index (χ3n) is 2.28. The van der Waals surface area contributed by atoms with Crippen LogP contribution in [-0.2, 0) is 29.0 Å². The van der Waals surface area contributed by atoms with E-state index in [2.05, 4.69) is 18.8 Å². The Morgan fingerprint density at radius 2 is 1.27 bits per heavy atom. The Bertz CT molecular complexity index is 721. The van der Waals surface area contributed by atoms with E-state index in [-0.39, 0.29) is 0 Å². The van der Waals surface area contributed by atoms with Gasteiger partial charge in [0.15, 0.2) is 0 Å². The van der Waals surface area contributed by atoms with E-state index in [0.717, 1.165) is 0 Å². The van der Waals surface area contributed by atoms with Crippen LogP contribution in [0.5, 0.6) is 0 Å².